The van der Waals surface area contributed by atoms with Gasteiger partial charge in [0.25, 0.3) is 0 Å². The van der Waals surface area contributed by atoms with Crippen molar-refractivity contribution in [1.29, 1.82) is 0 Å². The Bertz CT molecular complexity index is 94.6. The molecule has 0 aromatic heterocycles. The maximum atomic E-state index is 12.2. The van der Waals surface area contributed by atoms with Gasteiger partial charge < -0.3 is 11.1 Å². The normalized spacial score (nSPS) is 13.4. The Hall–Kier alpha value is -0.570. The SMILES string of the molecule is CNC/C(F)=C(/C)N. The van der Waals surface area contributed by atoms with Gasteiger partial charge >= 0.3 is 0 Å². The van der Waals surface area contributed by atoms with E-state index in [1.165, 1.54) is 6.92 Å². The van der Waals surface area contributed by atoms with Crippen LogP contribution in [0.4, 0.5) is 4.39 Å². The topological polar surface area (TPSA) is 38.0 Å². The molecule has 0 rings (SSSR count). The van der Waals surface area contributed by atoms with Crippen molar-refractivity contribution in [2.24, 2.45) is 5.73 Å². The Kier molecular flexibility index (Phi) is 3.19. The lowest BCUT2D eigenvalue weighted by Gasteiger charge is -1.95. The minimum absolute atomic E-state index is 0.225. The summed E-state index contributed by atoms with van der Waals surface area (Å²) in [6.45, 7) is 1.76. The highest BCUT2D eigenvalue weighted by Gasteiger charge is 1.92. The number of halogens is 1. The van der Waals surface area contributed by atoms with Crippen LogP contribution in [0.15, 0.2) is 11.5 Å². The molecule has 0 unspecified atom stereocenters. The summed E-state index contributed by atoms with van der Waals surface area (Å²) in [6.07, 6.45) is 0. The molecule has 0 amide bonds. The first-order valence-electron chi connectivity index (χ1n) is 2.43. The summed E-state index contributed by atoms with van der Waals surface area (Å²) in [4.78, 5) is 0. The molecule has 0 spiro atoms. The molecule has 0 atom stereocenters. The van der Waals surface area contributed by atoms with E-state index in [4.69, 9.17) is 5.73 Å². The van der Waals surface area contributed by atoms with Gasteiger partial charge in [-0.3, -0.25) is 0 Å². The van der Waals surface area contributed by atoms with E-state index in [-0.39, 0.29) is 18.1 Å². The average Bonchev–Trinajstić information content (AvgIpc) is 1.67. The van der Waals surface area contributed by atoms with E-state index in [2.05, 4.69) is 5.32 Å². The van der Waals surface area contributed by atoms with E-state index in [0.29, 0.717) is 0 Å². The van der Waals surface area contributed by atoms with Crippen LogP contribution in [0.2, 0.25) is 0 Å². The van der Waals surface area contributed by atoms with Gasteiger partial charge in [-0.05, 0) is 14.0 Å². The highest BCUT2D eigenvalue weighted by Crippen LogP contribution is 1.95. The van der Waals surface area contributed by atoms with Crippen molar-refractivity contribution in [3.63, 3.8) is 0 Å². The Labute approximate surface area is 48.6 Å². The zero-order valence-corrected chi connectivity index (χ0v) is 5.16. The molecule has 0 aromatic rings. The largest absolute Gasteiger partial charge is 0.400 e. The first-order chi connectivity index (χ1) is 3.68. The molecule has 2 nitrogen and oxygen atoms in total. The maximum Gasteiger partial charge on any atom is 0.132 e. The fraction of sp³-hybridized carbons (Fsp3) is 0.600. The van der Waals surface area contributed by atoms with E-state index in [1.54, 1.807) is 7.05 Å². The molecule has 0 aromatic carbocycles. The van der Waals surface area contributed by atoms with Gasteiger partial charge in [-0.15, -0.1) is 0 Å². The molecule has 0 radical (unpaired) electrons. The van der Waals surface area contributed by atoms with Gasteiger partial charge in [0, 0.05) is 12.2 Å². The molecule has 3 heteroatoms. The van der Waals surface area contributed by atoms with Crippen LogP contribution >= 0.6 is 0 Å². The molecule has 0 fully saturated rings. The van der Waals surface area contributed by atoms with Gasteiger partial charge in [-0.2, -0.15) is 0 Å². The van der Waals surface area contributed by atoms with Crippen molar-refractivity contribution >= 4 is 0 Å². The number of nitrogens with two attached hydrogens (primary N) is 1. The lowest BCUT2D eigenvalue weighted by molar-refractivity contribution is 0.579. The molecular weight excluding hydrogens is 107 g/mol. The third-order valence-corrected chi connectivity index (χ3v) is 0.760. The summed E-state index contributed by atoms with van der Waals surface area (Å²) in [5.74, 6) is -0.285. The van der Waals surface area contributed by atoms with Crippen molar-refractivity contribution in [1.82, 2.24) is 5.32 Å². The van der Waals surface area contributed by atoms with Crippen LogP contribution in [0.25, 0.3) is 0 Å². The van der Waals surface area contributed by atoms with Crippen LogP contribution in [0, 0.1) is 0 Å². The summed E-state index contributed by atoms with van der Waals surface area (Å²) < 4.78 is 12.2. The van der Waals surface area contributed by atoms with E-state index >= 15 is 0 Å². The van der Waals surface area contributed by atoms with Gasteiger partial charge in [0.05, 0.1) is 0 Å². The van der Waals surface area contributed by atoms with E-state index in [1.807, 2.05) is 0 Å². The first-order valence-corrected chi connectivity index (χ1v) is 2.43. The number of likely N-dealkylation sites (N-methyl/N-ethyl adjacent to an activating group) is 1. The quantitative estimate of drug-likeness (QED) is 0.549. The van der Waals surface area contributed by atoms with Crippen LogP contribution in [0.3, 0.4) is 0 Å². The summed E-state index contributed by atoms with van der Waals surface area (Å²) in [7, 11) is 1.67. The van der Waals surface area contributed by atoms with Gasteiger partial charge in [0.2, 0.25) is 0 Å². The molecular formula is C5H11FN2. The van der Waals surface area contributed by atoms with Crippen LogP contribution in [-0.4, -0.2) is 13.6 Å². The van der Waals surface area contributed by atoms with Crippen LogP contribution in [0.1, 0.15) is 6.92 Å². The third kappa shape index (κ3) is 2.58. The van der Waals surface area contributed by atoms with Crippen molar-refractivity contribution < 1.29 is 4.39 Å². The molecule has 3 N–H and O–H groups in total. The van der Waals surface area contributed by atoms with E-state index < -0.39 is 0 Å². The molecule has 48 valence electrons. The Morgan fingerprint density at radius 2 is 2.25 bits per heavy atom. The smallest absolute Gasteiger partial charge is 0.132 e. The zero-order chi connectivity index (χ0) is 6.57. The number of allylic oxidation sites excluding steroid dienone is 1. The monoisotopic (exact) mass is 118 g/mol. The van der Waals surface area contributed by atoms with E-state index in [9.17, 15) is 4.39 Å². The van der Waals surface area contributed by atoms with Crippen molar-refractivity contribution in [2.45, 2.75) is 6.92 Å². The van der Waals surface area contributed by atoms with Crippen LogP contribution < -0.4 is 11.1 Å². The van der Waals surface area contributed by atoms with Gasteiger partial charge in [-0.25, -0.2) is 4.39 Å². The number of hydrogen-bond acceptors (Lipinski definition) is 2. The molecule has 0 saturated heterocycles. The number of hydrogen-bond donors (Lipinski definition) is 2. The summed E-state index contributed by atoms with van der Waals surface area (Å²) in [5, 5.41) is 2.64. The lowest BCUT2D eigenvalue weighted by atomic mass is 10.4. The van der Waals surface area contributed by atoms with Crippen LogP contribution in [0.5, 0.6) is 0 Å². The molecule has 0 aliphatic heterocycles. The standard InChI is InChI=1S/C5H11FN2/c1-4(7)5(6)3-8-2/h8H,3,7H2,1-2H3/b5-4+. The lowest BCUT2D eigenvalue weighted by Crippen LogP contribution is -2.11. The minimum atomic E-state index is -0.285. The highest BCUT2D eigenvalue weighted by molar-refractivity contribution is 5.01. The van der Waals surface area contributed by atoms with Crippen LogP contribution in [-0.2, 0) is 0 Å². The van der Waals surface area contributed by atoms with Crippen molar-refractivity contribution in [3.8, 4) is 0 Å². The predicted octanol–water partition coefficient (Wildman–Crippen LogP) is 0.366. The van der Waals surface area contributed by atoms with Crippen molar-refractivity contribution in [3.05, 3.63) is 11.5 Å². The Morgan fingerprint density at radius 3 is 2.38 bits per heavy atom. The highest BCUT2D eigenvalue weighted by atomic mass is 19.1. The predicted molar refractivity (Wildman–Crippen MR) is 31.9 cm³/mol. The summed E-state index contributed by atoms with van der Waals surface area (Å²) in [5.41, 5.74) is 5.34. The summed E-state index contributed by atoms with van der Waals surface area (Å²) >= 11 is 0. The molecule has 0 bridgehead atoms. The van der Waals surface area contributed by atoms with E-state index in [0.717, 1.165) is 0 Å². The Balaban J connectivity index is 3.62. The third-order valence-electron chi connectivity index (χ3n) is 0.760. The average molecular weight is 118 g/mol. The fourth-order valence-corrected chi connectivity index (χ4v) is 0.295. The molecule has 0 saturated carbocycles. The van der Waals surface area contributed by atoms with Gasteiger partial charge in [-0.1, -0.05) is 0 Å². The van der Waals surface area contributed by atoms with Crippen molar-refractivity contribution in [2.75, 3.05) is 13.6 Å². The number of rotatable bonds is 2. The van der Waals surface area contributed by atoms with Gasteiger partial charge in [0.1, 0.15) is 5.83 Å². The zero-order valence-electron chi connectivity index (χ0n) is 5.16. The summed E-state index contributed by atoms with van der Waals surface area (Å²) in [6, 6.07) is 0. The molecule has 0 aliphatic rings. The minimum Gasteiger partial charge on any atom is -0.400 e. The Morgan fingerprint density at radius 1 is 1.75 bits per heavy atom. The first kappa shape index (κ1) is 7.43. The second-order valence-electron chi connectivity index (χ2n) is 1.62. The van der Waals surface area contributed by atoms with Gasteiger partial charge in [0.15, 0.2) is 0 Å². The second kappa shape index (κ2) is 3.43. The molecule has 0 aliphatic carbocycles. The molecule has 8 heavy (non-hydrogen) atoms. The second-order valence-corrected chi connectivity index (χ2v) is 1.62. The maximum absolute atomic E-state index is 12.2. The fourth-order valence-electron chi connectivity index (χ4n) is 0.295. The number of nitrogens with one attached hydrogen (secondary N) is 1. The molecule has 0 heterocycles.